The predicted molar refractivity (Wildman–Crippen MR) is 111 cm³/mol. The van der Waals surface area contributed by atoms with Gasteiger partial charge in [0.05, 0.1) is 12.0 Å². The Bertz CT molecular complexity index is 822. The highest BCUT2D eigenvalue weighted by Crippen LogP contribution is 2.52. The lowest BCUT2D eigenvalue weighted by Gasteiger charge is -2.38. The first-order valence-corrected chi connectivity index (χ1v) is 10.7. The maximum atomic E-state index is 13.6. The van der Waals surface area contributed by atoms with Crippen LogP contribution in [-0.4, -0.2) is 59.2 Å². The third kappa shape index (κ3) is 3.56. The van der Waals surface area contributed by atoms with E-state index < -0.39 is 5.41 Å². The lowest BCUT2D eigenvalue weighted by atomic mass is 9.70. The zero-order valence-corrected chi connectivity index (χ0v) is 17.0. The molecule has 0 aromatic heterocycles. The van der Waals surface area contributed by atoms with Gasteiger partial charge in [-0.15, -0.1) is 0 Å². The fourth-order valence-electron chi connectivity index (χ4n) is 5.39. The van der Waals surface area contributed by atoms with Gasteiger partial charge in [-0.3, -0.25) is 14.4 Å². The van der Waals surface area contributed by atoms with E-state index in [2.05, 4.69) is 5.32 Å². The summed E-state index contributed by atoms with van der Waals surface area (Å²) in [6, 6.07) is 9.80. The Kier molecular flexibility index (Phi) is 5.43. The first kappa shape index (κ1) is 19.7. The van der Waals surface area contributed by atoms with Gasteiger partial charge in [0.25, 0.3) is 0 Å². The summed E-state index contributed by atoms with van der Waals surface area (Å²) in [4.78, 5) is 42.3. The minimum absolute atomic E-state index is 0.0157. The smallest absolute Gasteiger partial charge is 0.247 e. The Morgan fingerprint density at radius 1 is 1.24 bits per heavy atom. The van der Waals surface area contributed by atoms with Gasteiger partial charge < -0.3 is 15.1 Å². The molecule has 6 heteroatoms. The number of nitrogens with zero attached hydrogens (tertiary/aromatic N) is 2. The van der Waals surface area contributed by atoms with Crippen molar-refractivity contribution in [2.24, 2.45) is 5.41 Å². The monoisotopic (exact) mass is 395 g/mol. The predicted octanol–water partition coefficient (Wildman–Crippen LogP) is 2.21. The molecule has 3 aliphatic heterocycles. The van der Waals surface area contributed by atoms with Gasteiger partial charge in [-0.1, -0.05) is 37.3 Å². The van der Waals surface area contributed by atoms with Gasteiger partial charge in [0, 0.05) is 31.2 Å². The molecular weight excluding hydrogens is 366 g/mol. The molecule has 3 fully saturated rings. The number of benzene rings is 1. The van der Waals surface area contributed by atoms with E-state index in [-0.39, 0.29) is 36.3 Å². The van der Waals surface area contributed by atoms with E-state index in [0.717, 1.165) is 24.8 Å². The van der Waals surface area contributed by atoms with Crippen LogP contribution in [0.1, 0.15) is 44.6 Å². The van der Waals surface area contributed by atoms with Crippen LogP contribution in [0.15, 0.2) is 36.4 Å². The van der Waals surface area contributed by atoms with E-state index in [4.69, 9.17) is 0 Å². The Balaban J connectivity index is 1.54. The second-order valence-corrected chi connectivity index (χ2v) is 8.38. The lowest BCUT2D eigenvalue weighted by Crippen LogP contribution is -2.52. The molecule has 3 amide bonds. The van der Waals surface area contributed by atoms with Crippen LogP contribution < -0.4 is 5.32 Å². The molecule has 3 aliphatic rings. The summed E-state index contributed by atoms with van der Waals surface area (Å²) in [6.45, 7) is 3.38. The topological polar surface area (TPSA) is 69.7 Å². The van der Waals surface area contributed by atoms with Crippen molar-refractivity contribution in [3.63, 3.8) is 0 Å². The molecule has 0 saturated carbocycles. The number of fused-ring (bicyclic) bond motifs is 2. The quantitative estimate of drug-likeness (QED) is 0.795. The number of amides is 3. The van der Waals surface area contributed by atoms with Crippen LogP contribution in [0, 0.1) is 5.41 Å². The van der Waals surface area contributed by atoms with Gasteiger partial charge in [0.1, 0.15) is 0 Å². The first-order chi connectivity index (χ1) is 14.0. The molecule has 154 valence electrons. The largest absolute Gasteiger partial charge is 0.354 e. The number of hydrogen-bond donors (Lipinski definition) is 1. The fourth-order valence-corrected chi connectivity index (χ4v) is 5.39. The van der Waals surface area contributed by atoms with Crippen molar-refractivity contribution in [1.29, 1.82) is 0 Å². The fraction of sp³-hybridized carbons (Fsp3) is 0.522. The van der Waals surface area contributed by atoms with E-state index in [1.165, 1.54) is 0 Å². The molecular formula is C23H29N3O3. The number of carbonyl (C=O) groups excluding carboxylic acids is 3. The van der Waals surface area contributed by atoms with Gasteiger partial charge >= 0.3 is 0 Å². The zero-order valence-electron chi connectivity index (χ0n) is 17.0. The number of hydrogen-bond acceptors (Lipinski definition) is 3. The molecule has 0 radical (unpaired) electrons. The third-order valence-electron chi connectivity index (χ3n) is 6.82. The molecule has 4 rings (SSSR count). The van der Waals surface area contributed by atoms with Crippen LogP contribution >= 0.6 is 0 Å². The number of carbonyl (C=O) groups is 3. The second-order valence-electron chi connectivity index (χ2n) is 8.38. The minimum atomic E-state index is -0.566. The molecule has 1 N–H and O–H groups in total. The highest BCUT2D eigenvalue weighted by atomic mass is 16.2. The lowest BCUT2D eigenvalue weighted by molar-refractivity contribution is -0.147. The molecule has 6 nitrogen and oxygen atoms in total. The highest BCUT2D eigenvalue weighted by molar-refractivity contribution is 5.95. The van der Waals surface area contributed by atoms with Gasteiger partial charge in [-0.05, 0) is 43.7 Å². The van der Waals surface area contributed by atoms with Crippen molar-refractivity contribution in [3.05, 3.63) is 42.0 Å². The Hall–Kier alpha value is -2.63. The van der Waals surface area contributed by atoms with Crippen LogP contribution in [0.4, 0.5) is 0 Å². The van der Waals surface area contributed by atoms with Crippen LogP contribution in [0.5, 0.6) is 0 Å². The summed E-state index contributed by atoms with van der Waals surface area (Å²) in [5, 5.41) is 2.84. The molecule has 3 heterocycles. The van der Waals surface area contributed by atoms with Gasteiger partial charge in [0.2, 0.25) is 17.7 Å². The van der Waals surface area contributed by atoms with Gasteiger partial charge in [-0.2, -0.15) is 0 Å². The third-order valence-corrected chi connectivity index (χ3v) is 6.82. The Morgan fingerprint density at radius 2 is 2.03 bits per heavy atom. The van der Waals surface area contributed by atoms with Crippen LogP contribution in [-0.2, 0) is 14.4 Å². The molecule has 0 spiro atoms. The first-order valence-electron chi connectivity index (χ1n) is 10.7. The molecule has 29 heavy (non-hydrogen) atoms. The van der Waals surface area contributed by atoms with E-state index in [1.807, 2.05) is 48.2 Å². The summed E-state index contributed by atoms with van der Waals surface area (Å²) in [5.41, 5.74) is 0.421. The summed E-state index contributed by atoms with van der Waals surface area (Å²) in [6.07, 6.45) is 7.45. The highest BCUT2D eigenvalue weighted by Gasteiger charge is 2.60. The summed E-state index contributed by atoms with van der Waals surface area (Å²) in [5.74, 6) is -0.0591. The summed E-state index contributed by atoms with van der Waals surface area (Å²) < 4.78 is 0. The molecule has 3 saturated heterocycles. The van der Waals surface area contributed by atoms with E-state index in [0.29, 0.717) is 25.9 Å². The minimum Gasteiger partial charge on any atom is -0.354 e. The van der Waals surface area contributed by atoms with Crippen LogP contribution in [0.2, 0.25) is 0 Å². The standard InChI is InChI=1S/C23H29N3O3/c1-2-23(22(29)25-14-6-13-24-20(27)16-25)15-18-10-11-19(23)26(18)21(28)12-9-17-7-4-3-5-8-17/h3-5,7-9,12,18-19H,2,6,10-11,13-16H2,1H3,(H,24,27)/b12-9+/t18-,19+,23+/m0/s1. The van der Waals surface area contributed by atoms with Crippen molar-refractivity contribution in [1.82, 2.24) is 15.1 Å². The van der Waals surface area contributed by atoms with Gasteiger partial charge in [-0.25, -0.2) is 0 Å². The van der Waals surface area contributed by atoms with Crippen LogP contribution in [0.25, 0.3) is 6.08 Å². The number of nitrogens with one attached hydrogen (secondary N) is 1. The average molecular weight is 396 g/mol. The molecule has 1 aromatic carbocycles. The zero-order chi connectivity index (χ0) is 20.4. The Labute approximate surface area is 171 Å². The Morgan fingerprint density at radius 3 is 2.79 bits per heavy atom. The summed E-state index contributed by atoms with van der Waals surface area (Å²) in [7, 11) is 0. The van der Waals surface area contributed by atoms with Crippen LogP contribution in [0.3, 0.4) is 0 Å². The van der Waals surface area contributed by atoms with Gasteiger partial charge in [0.15, 0.2) is 0 Å². The average Bonchev–Trinajstić information content (AvgIpc) is 3.22. The molecule has 3 atom stereocenters. The van der Waals surface area contributed by atoms with E-state index in [9.17, 15) is 14.4 Å². The van der Waals surface area contributed by atoms with Crippen molar-refractivity contribution < 1.29 is 14.4 Å². The molecule has 0 unspecified atom stereocenters. The molecule has 1 aromatic rings. The second kappa shape index (κ2) is 8.01. The molecule has 2 bridgehead atoms. The van der Waals surface area contributed by atoms with E-state index in [1.54, 1.807) is 11.0 Å². The SMILES string of the molecule is CC[C@@]1(C(=O)N2CCCNC(=O)C2)C[C@@H]2CC[C@H]1N2C(=O)/C=C/c1ccccc1. The van der Waals surface area contributed by atoms with Crippen molar-refractivity contribution in [2.75, 3.05) is 19.6 Å². The van der Waals surface area contributed by atoms with Crippen molar-refractivity contribution >= 4 is 23.8 Å². The summed E-state index contributed by atoms with van der Waals surface area (Å²) >= 11 is 0. The maximum Gasteiger partial charge on any atom is 0.247 e. The van der Waals surface area contributed by atoms with Crippen molar-refractivity contribution in [3.8, 4) is 0 Å². The normalized spacial score (nSPS) is 29.2. The molecule has 0 aliphatic carbocycles. The number of rotatable bonds is 4. The van der Waals surface area contributed by atoms with E-state index >= 15 is 0 Å². The maximum absolute atomic E-state index is 13.6. The van der Waals surface area contributed by atoms with Crippen molar-refractivity contribution in [2.45, 2.75) is 51.1 Å².